The van der Waals surface area contributed by atoms with E-state index >= 15 is 0 Å². The topological polar surface area (TPSA) is 80.0 Å². The van der Waals surface area contributed by atoms with Crippen molar-refractivity contribution in [2.45, 2.75) is 27.3 Å². The number of anilines is 1. The summed E-state index contributed by atoms with van der Waals surface area (Å²) >= 11 is 0. The largest absolute Gasteiger partial charge is 0.385 e. The Kier molecular flexibility index (Phi) is 4.34. The average molecular weight is 274 g/mol. The number of hydrogen-bond donors (Lipinski definition) is 2. The molecule has 0 fully saturated rings. The fraction of sp³-hybridized carbons (Fsp3) is 0.357. The van der Waals surface area contributed by atoms with Crippen LogP contribution >= 0.6 is 0 Å². The zero-order chi connectivity index (χ0) is 14.5. The first-order valence-corrected chi connectivity index (χ1v) is 6.52. The number of rotatable bonds is 5. The van der Waals surface area contributed by atoms with E-state index in [9.17, 15) is 4.79 Å². The van der Waals surface area contributed by atoms with Crippen molar-refractivity contribution in [3.05, 3.63) is 41.0 Å². The second-order valence-corrected chi connectivity index (χ2v) is 4.50. The molecular weight excluding hydrogens is 256 g/mol. The van der Waals surface area contributed by atoms with Gasteiger partial charge in [-0.25, -0.2) is 0 Å². The lowest BCUT2D eigenvalue weighted by atomic mass is 10.1. The predicted octanol–water partition coefficient (Wildman–Crippen LogP) is 2.05. The molecule has 1 heterocycles. The highest BCUT2D eigenvalue weighted by Gasteiger charge is 2.12. The third-order valence-corrected chi connectivity index (χ3v) is 2.76. The first-order chi connectivity index (χ1) is 9.60. The summed E-state index contributed by atoms with van der Waals surface area (Å²) in [7, 11) is 0. The highest BCUT2D eigenvalue weighted by atomic mass is 16.5. The standard InChI is InChI=1S/C14H18N4O2/c1-4-15-12-6-5-9(2)7-11(12)14(19)16-8-13-17-10(3)18-20-13/h5-7,15H,4,8H2,1-3H3,(H,16,19). The van der Waals surface area contributed by atoms with Gasteiger partial charge in [0, 0.05) is 12.2 Å². The molecule has 0 radical (unpaired) electrons. The van der Waals surface area contributed by atoms with Gasteiger partial charge in [0.2, 0.25) is 5.89 Å². The highest BCUT2D eigenvalue weighted by molar-refractivity contribution is 5.99. The molecule has 1 aromatic heterocycles. The highest BCUT2D eigenvalue weighted by Crippen LogP contribution is 2.17. The monoisotopic (exact) mass is 274 g/mol. The Hall–Kier alpha value is -2.37. The molecular formula is C14H18N4O2. The van der Waals surface area contributed by atoms with Crippen LogP contribution in [0.4, 0.5) is 5.69 Å². The third kappa shape index (κ3) is 3.34. The van der Waals surface area contributed by atoms with E-state index < -0.39 is 0 Å². The van der Waals surface area contributed by atoms with Crippen LogP contribution in [0.1, 0.15) is 34.6 Å². The van der Waals surface area contributed by atoms with Crippen LogP contribution in [-0.4, -0.2) is 22.6 Å². The molecule has 0 aliphatic rings. The summed E-state index contributed by atoms with van der Waals surface area (Å²) in [6.45, 7) is 6.65. The van der Waals surface area contributed by atoms with Gasteiger partial charge in [-0.15, -0.1) is 0 Å². The van der Waals surface area contributed by atoms with Crippen molar-refractivity contribution in [2.24, 2.45) is 0 Å². The molecule has 1 amide bonds. The second kappa shape index (κ2) is 6.18. The maximum atomic E-state index is 12.2. The van der Waals surface area contributed by atoms with Gasteiger partial charge in [0.1, 0.15) is 0 Å². The SMILES string of the molecule is CCNc1ccc(C)cc1C(=O)NCc1nc(C)no1. The smallest absolute Gasteiger partial charge is 0.253 e. The summed E-state index contributed by atoms with van der Waals surface area (Å²) in [4.78, 5) is 16.3. The molecule has 0 bridgehead atoms. The van der Waals surface area contributed by atoms with E-state index in [-0.39, 0.29) is 12.5 Å². The molecule has 0 aliphatic carbocycles. The van der Waals surface area contributed by atoms with E-state index in [1.54, 1.807) is 6.92 Å². The summed E-state index contributed by atoms with van der Waals surface area (Å²) in [5.74, 6) is 0.784. The Labute approximate surface area is 117 Å². The zero-order valence-electron chi connectivity index (χ0n) is 11.9. The van der Waals surface area contributed by atoms with Gasteiger partial charge in [0.15, 0.2) is 5.82 Å². The van der Waals surface area contributed by atoms with Crippen molar-refractivity contribution < 1.29 is 9.32 Å². The van der Waals surface area contributed by atoms with Crippen LogP contribution in [-0.2, 0) is 6.54 Å². The van der Waals surface area contributed by atoms with Crippen LogP contribution in [0.15, 0.2) is 22.7 Å². The van der Waals surface area contributed by atoms with E-state index in [0.717, 1.165) is 17.8 Å². The zero-order valence-corrected chi connectivity index (χ0v) is 11.9. The third-order valence-electron chi connectivity index (χ3n) is 2.76. The number of nitrogens with zero attached hydrogens (tertiary/aromatic N) is 2. The van der Waals surface area contributed by atoms with Crippen molar-refractivity contribution in [3.8, 4) is 0 Å². The molecule has 2 rings (SSSR count). The Morgan fingerprint density at radius 3 is 2.80 bits per heavy atom. The number of amides is 1. The van der Waals surface area contributed by atoms with Gasteiger partial charge in [-0.2, -0.15) is 4.98 Å². The lowest BCUT2D eigenvalue weighted by molar-refractivity contribution is 0.0947. The molecule has 0 atom stereocenters. The van der Waals surface area contributed by atoms with Crippen molar-refractivity contribution in [1.29, 1.82) is 0 Å². The van der Waals surface area contributed by atoms with Crippen LogP contribution in [0, 0.1) is 13.8 Å². The predicted molar refractivity (Wildman–Crippen MR) is 75.5 cm³/mol. The maximum absolute atomic E-state index is 12.2. The minimum absolute atomic E-state index is 0.166. The Balaban J connectivity index is 2.09. The number of nitrogens with one attached hydrogen (secondary N) is 2. The molecule has 0 saturated carbocycles. The minimum atomic E-state index is -0.166. The molecule has 106 valence electrons. The molecule has 6 nitrogen and oxygen atoms in total. The van der Waals surface area contributed by atoms with Crippen molar-refractivity contribution >= 4 is 11.6 Å². The summed E-state index contributed by atoms with van der Waals surface area (Å²) in [5.41, 5.74) is 2.46. The maximum Gasteiger partial charge on any atom is 0.253 e. The van der Waals surface area contributed by atoms with Crippen LogP contribution in [0.25, 0.3) is 0 Å². The lowest BCUT2D eigenvalue weighted by Crippen LogP contribution is -2.24. The van der Waals surface area contributed by atoms with Gasteiger partial charge >= 0.3 is 0 Å². The van der Waals surface area contributed by atoms with Gasteiger partial charge in [-0.05, 0) is 32.9 Å². The number of hydrogen-bond acceptors (Lipinski definition) is 5. The average Bonchev–Trinajstić information content (AvgIpc) is 2.84. The number of aromatic nitrogens is 2. The van der Waals surface area contributed by atoms with Crippen molar-refractivity contribution in [2.75, 3.05) is 11.9 Å². The van der Waals surface area contributed by atoms with Gasteiger partial charge in [-0.3, -0.25) is 4.79 Å². The first-order valence-electron chi connectivity index (χ1n) is 6.52. The number of carbonyl (C=O) groups excluding carboxylic acids is 1. The van der Waals surface area contributed by atoms with E-state index in [1.165, 1.54) is 0 Å². The number of carbonyl (C=O) groups is 1. The van der Waals surface area contributed by atoms with Crippen molar-refractivity contribution in [3.63, 3.8) is 0 Å². The van der Waals surface area contributed by atoms with Crippen molar-refractivity contribution in [1.82, 2.24) is 15.5 Å². The molecule has 6 heteroatoms. The molecule has 0 saturated heterocycles. The summed E-state index contributed by atoms with van der Waals surface area (Å²) in [6, 6.07) is 5.73. The second-order valence-electron chi connectivity index (χ2n) is 4.50. The molecule has 0 aliphatic heterocycles. The van der Waals surface area contributed by atoms with Gasteiger partial charge in [-0.1, -0.05) is 16.8 Å². The quantitative estimate of drug-likeness (QED) is 0.872. The van der Waals surface area contributed by atoms with Crippen LogP contribution in [0.2, 0.25) is 0 Å². The Bertz CT molecular complexity index is 607. The normalized spacial score (nSPS) is 10.3. The van der Waals surface area contributed by atoms with E-state index in [0.29, 0.717) is 17.3 Å². The summed E-state index contributed by atoms with van der Waals surface area (Å²) < 4.78 is 4.96. The van der Waals surface area contributed by atoms with Gasteiger partial charge < -0.3 is 15.2 Å². The molecule has 2 N–H and O–H groups in total. The molecule has 0 spiro atoms. The fourth-order valence-corrected chi connectivity index (χ4v) is 1.85. The molecule has 2 aromatic rings. The minimum Gasteiger partial charge on any atom is -0.385 e. The van der Waals surface area contributed by atoms with Gasteiger partial charge in [0.25, 0.3) is 5.91 Å². The Morgan fingerprint density at radius 1 is 1.35 bits per heavy atom. The van der Waals surface area contributed by atoms with Crippen LogP contribution < -0.4 is 10.6 Å². The Morgan fingerprint density at radius 2 is 2.15 bits per heavy atom. The lowest BCUT2D eigenvalue weighted by Gasteiger charge is -2.11. The molecule has 20 heavy (non-hydrogen) atoms. The van der Waals surface area contributed by atoms with Crippen LogP contribution in [0.3, 0.4) is 0 Å². The number of aryl methyl sites for hydroxylation is 2. The van der Waals surface area contributed by atoms with E-state index in [2.05, 4.69) is 20.8 Å². The summed E-state index contributed by atoms with van der Waals surface area (Å²) in [6.07, 6.45) is 0. The molecule has 1 aromatic carbocycles. The number of benzene rings is 1. The van der Waals surface area contributed by atoms with Gasteiger partial charge in [0.05, 0.1) is 12.1 Å². The van der Waals surface area contributed by atoms with E-state index in [4.69, 9.17) is 4.52 Å². The van der Waals surface area contributed by atoms with E-state index in [1.807, 2.05) is 32.0 Å². The fourth-order valence-electron chi connectivity index (χ4n) is 1.85. The molecule has 0 unspecified atom stereocenters. The first kappa shape index (κ1) is 14.0. The van der Waals surface area contributed by atoms with Crippen LogP contribution in [0.5, 0.6) is 0 Å². The summed E-state index contributed by atoms with van der Waals surface area (Å²) in [5, 5.41) is 9.63.